The van der Waals surface area contributed by atoms with Gasteiger partial charge in [-0.05, 0) is 40.9 Å². The van der Waals surface area contributed by atoms with Crippen molar-refractivity contribution in [3.05, 3.63) is 21.1 Å². The summed E-state index contributed by atoms with van der Waals surface area (Å²) in [5.41, 5.74) is 5.97. The molecule has 1 aromatic carbocycles. The van der Waals surface area contributed by atoms with Gasteiger partial charge in [-0.25, -0.2) is 13.1 Å². The first-order valence-corrected chi connectivity index (χ1v) is 9.27. The van der Waals surface area contributed by atoms with Gasteiger partial charge in [0.1, 0.15) is 4.90 Å². The molecule has 0 aliphatic carbocycles. The van der Waals surface area contributed by atoms with Crippen LogP contribution in [0.5, 0.6) is 0 Å². The van der Waals surface area contributed by atoms with Gasteiger partial charge >= 0.3 is 0 Å². The number of sulfonamides is 1. The van der Waals surface area contributed by atoms with Gasteiger partial charge in [-0.1, -0.05) is 22.9 Å². The Hall–Kier alpha value is -0.150. The van der Waals surface area contributed by atoms with Gasteiger partial charge in [-0.2, -0.15) is 0 Å². The topological polar surface area (TPSA) is 81.4 Å². The van der Waals surface area contributed by atoms with E-state index >= 15 is 0 Å². The minimum Gasteiger partial charge on any atom is -0.398 e. The van der Waals surface area contributed by atoms with E-state index in [4.69, 9.17) is 10.5 Å². The van der Waals surface area contributed by atoms with Crippen molar-refractivity contribution in [3.8, 4) is 0 Å². The third-order valence-corrected chi connectivity index (χ3v) is 5.33. The molecule has 114 valence electrons. The molecule has 3 N–H and O–H groups in total. The van der Waals surface area contributed by atoms with Gasteiger partial charge < -0.3 is 10.5 Å². The lowest BCUT2D eigenvalue weighted by Crippen LogP contribution is -2.26. The molecule has 0 fully saturated rings. The van der Waals surface area contributed by atoms with Crippen molar-refractivity contribution in [2.45, 2.75) is 24.7 Å². The summed E-state index contributed by atoms with van der Waals surface area (Å²) >= 11 is 6.48. The number of nitrogens with two attached hydrogens (primary N) is 1. The second-order valence-corrected chi connectivity index (χ2v) is 7.64. The van der Waals surface area contributed by atoms with Gasteiger partial charge in [0, 0.05) is 28.7 Å². The first kappa shape index (κ1) is 17.9. The molecular formula is C12H18Br2N2O3S. The molecule has 0 unspecified atom stereocenters. The highest BCUT2D eigenvalue weighted by atomic mass is 79.9. The minimum absolute atomic E-state index is 0.0650. The van der Waals surface area contributed by atoms with Crippen LogP contribution in [0.2, 0.25) is 0 Å². The summed E-state index contributed by atoms with van der Waals surface area (Å²) in [7, 11) is -3.63. The number of rotatable bonds is 8. The molecule has 0 atom stereocenters. The minimum atomic E-state index is -3.63. The SMILES string of the molecule is CCCOCCCNS(=O)(=O)c1c(N)cc(Br)cc1Br. The van der Waals surface area contributed by atoms with Crippen molar-refractivity contribution in [1.82, 2.24) is 4.72 Å². The number of anilines is 1. The van der Waals surface area contributed by atoms with Crippen LogP contribution in [0.15, 0.2) is 26.0 Å². The van der Waals surface area contributed by atoms with Crippen molar-refractivity contribution in [3.63, 3.8) is 0 Å². The Morgan fingerprint density at radius 3 is 2.60 bits per heavy atom. The fraction of sp³-hybridized carbons (Fsp3) is 0.500. The van der Waals surface area contributed by atoms with Gasteiger partial charge in [-0.3, -0.25) is 0 Å². The lowest BCUT2D eigenvalue weighted by molar-refractivity contribution is 0.133. The number of nitrogen functional groups attached to an aromatic ring is 1. The summed E-state index contributed by atoms with van der Waals surface area (Å²) in [5, 5.41) is 0. The Morgan fingerprint density at radius 1 is 1.30 bits per heavy atom. The first-order valence-electron chi connectivity index (χ1n) is 6.20. The quantitative estimate of drug-likeness (QED) is 0.491. The zero-order chi connectivity index (χ0) is 15.2. The van der Waals surface area contributed by atoms with Crippen LogP contribution < -0.4 is 10.5 Å². The molecule has 0 radical (unpaired) electrons. The molecule has 1 rings (SSSR count). The van der Waals surface area contributed by atoms with Crippen LogP contribution in [0.4, 0.5) is 5.69 Å². The molecule has 0 aromatic heterocycles. The number of nitrogens with one attached hydrogen (secondary N) is 1. The summed E-state index contributed by atoms with van der Waals surface area (Å²) in [6.07, 6.45) is 1.57. The van der Waals surface area contributed by atoms with Crippen LogP contribution >= 0.6 is 31.9 Å². The van der Waals surface area contributed by atoms with Crippen LogP contribution in [-0.4, -0.2) is 28.2 Å². The molecule has 0 aliphatic heterocycles. The molecule has 0 saturated carbocycles. The molecule has 0 bridgehead atoms. The summed E-state index contributed by atoms with van der Waals surface area (Å²) in [6, 6.07) is 3.21. The molecule has 0 saturated heterocycles. The number of benzene rings is 1. The van der Waals surface area contributed by atoms with Crippen LogP contribution in [0.1, 0.15) is 19.8 Å². The van der Waals surface area contributed by atoms with Gasteiger partial charge in [0.05, 0.1) is 5.69 Å². The smallest absolute Gasteiger partial charge is 0.243 e. The van der Waals surface area contributed by atoms with Crippen LogP contribution in [0, 0.1) is 0 Å². The highest BCUT2D eigenvalue weighted by Gasteiger charge is 2.21. The standard InChI is InChI=1S/C12H18Br2N2O3S/c1-2-5-19-6-3-4-16-20(17,18)12-10(14)7-9(13)8-11(12)15/h7-8,16H,2-6,15H2,1H3. The van der Waals surface area contributed by atoms with E-state index in [1.807, 2.05) is 6.92 Å². The number of halogens is 2. The fourth-order valence-electron chi connectivity index (χ4n) is 1.56. The Kier molecular flexibility index (Phi) is 7.46. The first-order chi connectivity index (χ1) is 9.38. The normalized spacial score (nSPS) is 11.8. The van der Waals surface area contributed by atoms with Gasteiger partial charge in [0.2, 0.25) is 10.0 Å². The summed E-state index contributed by atoms with van der Waals surface area (Å²) in [6.45, 7) is 3.57. The van der Waals surface area contributed by atoms with Crippen molar-refractivity contribution in [1.29, 1.82) is 0 Å². The third kappa shape index (κ3) is 5.33. The van der Waals surface area contributed by atoms with E-state index in [1.165, 1.54) is 0 Å². The summed E-state index contributed by atoms with van der Waals surface area (Å²) < 4.78 is 33.4. The van der Waals surface area contributed by atoms with Crippen molar-refractivity contribution in [2.75, 3.05) is 25.5 Å². The molecule has 0 spiro atoms. The maximum Gasteiger partial charge on any atom is 0.243 e. The van der Waals surface area contributed by atoms with Gasteiger partial charge in [0.15, 0.2) is 0 Å². The molecule has 1 aromatic rings. The van der Waals surface area contributed by atoms with Crippen LogP contribution in [-0.2, 0) is 14.8 Å². The number of hydrogen-bond acceptors (Lipinski definition) is 4. The van der Waals surface area contributed by atoms with Gasteiger partial charge in [-0.15, -0.1) is 0 Å². The van der Waals surface area contributed by atoms with E-state index in [2.05, 4.69) is 36.6 Å². The maximum atomic E-state index is 12.2. The van der Waals surface area contributed by atoms with Gasteiger partial charge in [0.25, 0.3) is 0 Å². The molecule has 0 heterocycles. The average Bonchev–Trinajstić information content (AvgIpc) is 2.31. The molecule has 20 heavy (non-hydrogen) atoms. The van der Waals surface area contributed by atoms with Crippen LogP contribution in [0.3, 0.4) is 0 Å². The van der Waals surface area contributed by atoms with Crippen LogP contribution in [0.25, 0.3) is 0 Å². The van der Waals surface area contributed by atoms with E-state index in [1.54, 1.807) is 12.1 Å². The van der Waals surface area contributed by atoms with E-state index in [9.17, 15) is 8.42 Å². The molecule has 8 heteroatoms. The zero-order valence-electron chi connectivity index (χ0n) is 11.2. The molecule has 5 nitrogen and oxygen atoms in total. The molecule has 0 aliphatic rings. The largest absolute Gasteiger partial charge is 0.398 e. The number of ether oxygens (including phenoxy) is 1. The zero-order valence-corrected chi connectivity index (χ0v) is 15.1. The lowest BCUT2D eigenvalue weighted by atomic mass is 10.3. The molecule has 0 amide bonds. The fourth-order valence-corrected chi connectivity index (χ4v) is 4.70. The molecular weight excluding hydrogens is 412 g/mol. The second-order valence-electron chi connectivity index (χ2n) is 4.17. The van der Waals surface area contributed by atoms with E-state index in [-0.39, 0.29) is 10.6 Å². The van der Waals surface area contributed by atoms with Crippen molar-refractivity contribution >= 4 is 47.6 Å². The Balaban J connectivity index is 2.66. The van der Waals surface area contributed by atoms with E-state index in [0.29, 0.717) is 35.1 Å². The Bertz CT molecular complexity index is 527. The third-order valence-electron chi connectivity index (χ3n) is 2.41. The average molecular weight is 430 g/mol. The monoisotopic (exact) mass is 428 g/mol. The second kappa shape index (κ2) is 8.33. The van der Waals surface area contributed by atoms with Crippen molar-refractivity contribution in [2.24, 2.45) is 0 Å². The number of hydrogen-bond donors (Lipinski definition) is 2. The van der Waals surface area contributed by atoms with E-state index < -0.39 is 10.0 Å². The lowest BCUT2D eigenvalue weighted by Gasteiger charge is -2.11. The highest BCUT2D eigenvalue weighted by molar-refractivity contribution is 9.11. The highest BCUT2D eigenvalue weighted by Crippen LogP contribution is 2.31. The van der Waals surface area contributed by atoms with E-state index in [0.717, 1.165) is 6.42 Å². The predicted molar refractivity (Wildman–Crippen MR) is 87.2 cm³/mol. The predicted octanol–water partition coefficient (Wildman–Crippen LogP) is 2.89. The summed E-state index contributed by atoms with van der Waals surface area (Å²) in [4.78, 5) is 0.0650. The summed E-state index contributed by atoms with van der Waals surface area (Å²) in [5.74, 6) is 0. The maximum absolute atomic E-state index is 12.2. The Morgan fingerprint density at radius 2 is 2.00 bits per heavy atom. The van der Waals surface area contributed by atoms with Crippen molar-refractivity contribution < 1.29 is 13.2 Å². The Labute approximate surface area is 136 Å².